The maximum Gasteiger partial charge on any atom is 0.222 e. The number of amides is 1. The molecule has 0 spiro atoms. The molecule has 1 aromatic carbocycles. The van der Waals surface area contributed by atoms with Crippen molar-refractivity contribution in [1.82, 2.24) is 10.6 Å². The summed E-state index contributed by atoms with van der Waals surface area (Å²) >= 11 is 0. The Balaban J connectivity index is 1.70. The Morgan fingerprint density at radius 2 is 2.40 bits per heavy atom. The van der Waals surface area contributed by atoms with Gasteiger partial charge in [-0.3, -0.25) is 4.79 Å². The molecule has 1 saturated heterocycles. The molecule has 0 radical (unpaired) electrons. The molecule has 0 aliphatic carbocycles. The SMILES string of the molecule is CC(CCc1cccc(F)c1)C(=O)NCC1CCCN1. The van der Waals surface area contributed by atoms with Crippen molar-refractivity contribution >= 4 is 5.91 Å². The van der Waals surface area contributed by atoms with Crippen LogP contribution in [0.1, 0.15) is 31.7 Å². The zero-order valence-electron chi connectivity index (χ0n) is 12.0. The summed E-state index contributed by atoms with van der Waals surface area (Å²) in [6, 6.07) is 7.01. The summed E-state index contributed by atoms with van der Waals surface area (Å²) in [5.74, 6) is -0.165. The maximum atomic E-state index is 13.1. The molecular formula is C16H23FN2O. The largest absolute Gasteiger partial charge is 0.354 e. The minimum absolute atomic E-state index is 0.0420. The molecule has 1 aromatic rings. The third-order valence-electron chi connectivity index (χ3n) is 3.89. The third-order valence-corrected chi connectivity index (χ3v) is 3.89. The van der Waals surface area contributed by atoms with E-state index in [1.54, 1.807) is 6.07 Å². The van der Waals surface area contributed by atoms with Gasteiger partial charge in [0.2, 0.25) is 5.91 Å². The van der Waals surface area contributed by atoms with Crippen LogP contribution >= 0.6 is 0 Å². The molecular weight excluding hydrogens is 255 g/mol. The summed E-state index contributed by atoms with van der Waals surface area (Å²) in [6.45, 7) is 3.69. The second-order valence-corrected chi connectivity index (χ2v) is 5.61. The summed E-state index contributed by atoms with van der Waals surface area (Å²) < 4.78 is 13.1. The highest BCUT2D eigenvalue weighted by Gasteiger charge is 2.17. The van der Waals surface area contributed by atoms with Crippen LogP contribution in [0.15, 0.2) is 24.3 Å². The Hall–Kier alpha value is -1.42. The lowest BCUT2D eigenvalue weighted by Crippen LogP contribution is -2.39. The van der Waals surface area contributed by atoms with Crippen molar-refractivity contribution in [3.8, 4) is 0 Å². The van der Waals surface area contributed by atoms with E-state index in [2.05, 4.69) is 10.6 Å². The fourth-order valence-electron chi connectivity index (χ4n) is 2.54. The number of hydrogen-bond acceptors (Lipinski definition) is 2. The molecule has 2 rings (SSSR count). The van der Waals surface area contributed by atoms with Crippen molar-refractivity contribution in [2.75, 3.05) is 13.1 Å². The fraction of sp³-hybridized carbons (Fsp3) is 0.562. The second-order valence-electron chi connectivity index (χ2n) is 5.61. The van der Waals surface area contributed by atoms with Gasteiger partial charge in [0.15, 0.2) is 0 Å². The standard InChI is InChI=1S/C16H23FN2O/c1-12(7-8-13-4-2-5-14(17)10-13)16(20)19-11-15-6-3-9-18-15/h2,4-5,10,12,15,18H,3,6-9,11H2,1H3,(H,19,20). The van der Waals surface area contributed by atoms with Gasteiger partial charge in [-0.15, -0.1) is 0 Å². The van der Waals surface area contributed by atoms with Crippen LogP contribution in [0.5, 0.6) is 0 Å². The van der Waals surface area contributed by atoms with Gasteiger partial charge in [0.05, 0.1) is 0 Å². The van der Waals surface area contributed by atoms with Crippen molar-refractivity contribution in [1.29, 1.82) is 0 Å². The van der Waals surface area contributed by atoms with Crippen LogP contribution in [0.25, 0.3) is 0 Å². The average molecular weight is 278 g/mol. The van der Waals surface area contributed by atoms with Gasteiger partial charge < -0.3 is 10.6 Å². The smallest absolute Gasteiger partial charge is 0.222 e. The number of aryl methyl sites for hydroxylation is 1. The first-order chi connectivity index (χ1) is 9.65. The number of carbonyl (C=O) groups excluding carboxylic acids is 1. The van der Waals surface area contributed by atoms with Gasteiger partial charge in [-0.2, -0.15) is 0 Å². The predicted molar refractivity (Wildman–Crippen MR) is 77.9 cm³/mol. The summed E-state index contributed by atoms with van der Waals surface area (Å²) in [4.78, 5) is 12.0. The van der Waals surface area contributed by atoms with Gasteiger partial charge in [0.25, 0.3) is 0 Å². The van der Waals surface area contributed by atoms with E-state index in [-0.39, 0.29) is 17.6 Å². The van der Waals surface area contributed by atoms with Gasteiger partial charge in [-0.25, -0.2) is 4.39 Å². The van der Waals surface area contributed by atoms with Crippen LogP contribution in [0, 0.1) is 11.7 Å². The molecule has 1 fully saturated rings. The van der Waals surface area contributed by atoms with E-state index >= 15 is 0 Å². The monoisotopic (exact) mass is 278 g/mol. The molecule has 1 aliphatic rings. The molecule has 110 valence electrons. The summed E-state index contributed by atoms with van der Waals surface area (Å²) in [5.41, 5.74) is 0.946. The molecule has 3 nitrogen and oxygen atoms in total. The number of halogens is 1. The molecule has 0 aromatic heterocycles. The van der Waals surface area contributed by atoms with Gasteiger partial charge >= 0.3 is 0 Å². The lowest BCUT2D eigenvalue weighted by molar-refractivity contribution is -0.124. The molecule has 2 unspecified atom stereocenters. The zero-order valence-corrected chi connectivity index (χ0v) is 12.0. The predicted octanol–water partition coefficient (Wildman–Crippen LogP) is 2.26. The lowest BCUT2D eigenvalue weighted by atomic mass is 10.00. The summed E-state index contributed by atoms with van der Waals surface area (Å²) in [6.07, 6.45) is 3.80. The topological polar surface area (TPSA) is 41.1 Å². The lowest BCUT2D eigenvalue weighted by Gasteiger charge is -2.15. The number of rotatable bonds is 6. The van der Waals surface area contributed by atoms with E-state index in [0.717, 1.165) is 31.4 Å². The molecule has 0 bridgehead atoms. The van der Waals surface area contributed by atoms with Crippen molar-refractivity contribution < 1.29 is 9.18 Å². The second kappa shape index (κ2) is 7.39. The van der Waals surface area contributed by atoms with Crippen molar-refractivity contribution in [2.45, 2.75) is 38.6 Å². The minimum Gasteiger partial charge on any atom is -0.354 e. The summed E-state index contributed by atoms with van der Waals surface area (Å²) in [7, 11) is 0. The van der Waals surface area contributed by atoms with Gasteiger partial charge in [0, 0.05) is 18.5 Å². The average Bonchev–Trinajstić information content (AvgIpc) is 2.95. The highest BCUT2D eigenvalue weighted by molar-refractivity contribution is 5.78. The van der Waals surface area contributed by atoms with E-state index in [4.69, 9.17) is 0 Å². The Kier molecular flexibility index (Phi) is 5.53. The Morgan fingerprint density at radius 3 is 3.10 bits per heavy atom. The first-order valence-electron chi connectivity index (χ1n) is 7.40. The van der Waals surface area contributed by atoms with E-state index < -0.39 is 0 Å². The van der Waals surface area contributed by atoms with Crippen LogP contribution in [0.2, 0.25) is 0 Å². The molecule has 2 atom stereocenters. The van der Waals surface area contributed by atoms with Crippen LogP contribution in [0.3, 0.4) is 0 Å². The van der Waals surface area contributed by atoms with Crippen LogP contribution in [-0.2, 0) is 11.2 Å². The summed E-state index contributed by atoms with van der Waals surface area (Å²) in [5, 5.41) is 6.36. The molecule has 4 heteroatoms. The molecule has 1 heterocycles. The molecule has 2 N–H and O–H groups in total. The van der Waals surface area contributed by atoms with Crippen molar-refractivity contribution in [3.05, 3.63) is 35.6 Å². The van der Waals surface area contributed by atoms with E-state index in [1.165, 1.54) is 18.6 Å². The highest BCUT2D eigenvalue weighted by atomic mass is 19.1. The van der Waals surface area contributed by atoms with Crippen molar-refractivity contribution in [3.63, 3.8) is 0 Å². The normalized spacial score (nSPS) is 19.8. The Labute approximate surface area is 120 Å². The first-order valence-corrected chi connectivity index (χ1v) is 7.40. The van der Waals surface area contributed by atoms with Gasteiger partial charge in [0.1, 0.15) is 5.82 Å². The fourth-order valence-corrected chi connectivity index (χ4v) is 2.54. The highest BCUT2D eigenvalue weighted by Crippen LogP contribution is 2.11. The van der Waals surface area contributed by atoms with Gasteiger partial charge in [-0.05, 0) is 49.9 Å². The third kappa shape index (κ3) is 4.60. The quantitative estimate of drug-likeness (QED) is 0.838. The van der Waals surface area contributed by atoms with Gasteiger partial charge in [-0.1, -0.05) is 19.1 Å². The minimum atomic E-state index is -0.216. The van der Waals surface area contributed by atoms with Crippen molar-refractivity contribution in [2.24, 2.45) is 5.92 Å². The Bertz CT molecular complexity index is 444. The molecule has 20 heavy (non-hydrogen) atoms. The van der Waals surface area contributed by atoms with Crippen LogP contribution in [0.4, 0.5) is 4.39 Å². The molecule has 0 saturated carbocycles. The number of hydrogen-bond donors (Lipinski definition) is 2. The van der Waals surface area contributed by atoms with E-state index in [0.29, 0.717) is 12.6 Å². The first kappa shape index (κ1) is 15.0. The van der Waals surface area contributed by atoms with Crippen LogP contribution < -0.4 is 10.6 Å². The number of carbonyl (C=O) groups is 1. The molecule has 1 aliphatic heterocycles. The van der Waals surface area contributed by atoms with E-state index in [1.807, 2.05) is 13.0 Å². The number of benzene rings is 1. The Morgan fingerprint density at radius 1 is 1.55 bits per heavy atom. The van der Waals surface area contributed by atoms with Crippen LogP contribution in [-0.4, -0.2) is 25.0 Å². The number of nitrogens with one attached hydrogen (secondary N) is 2. The zero-order chi connectivity index (χ0) is 14.4. The van der Waals surface area contributed by atoms with E-state index in [9.17, 15) is 9.18 Å². The maximum absolute atomic E-state index is 13.1. The molecule has 1 amide bonds.